The van der Waals surface area contributed by atoms with Crippen LogP contribution in [0.15, 0.2) is 51.8 Å². The van der Waals surface area contributed by atoms with Gasteiger partial charge in [0.2, 0.25) is 10.0 Å². The van der Waals surface area contributed by atoms with Crippen LogP contribution in [0.5, 0.6) is 0 Å². The van der Waals surface area contributed by atoms with E-state index in [1.807, 2.05) is 12.1 Å². The van der Waals surface area contributed by atoms with E-state index in [4.69, 9.17) is 5.14 Å². The van der Waals surface area contributed by atoms with Crippen molar-refractivity contribution in [2.75, 3.05) is 0 Å². The topological polar surface area (TPSA) is 60.2 Å². The quantitative estimate of drug-likeness (QED) is 0.917. The zero-order chi connectivity index (χ0) is 14.8. The number of primary sulfonamides is 1. The molecular weight excluding hydrogens is 338 g/mol. The van der Waals surface area contributed by atoms with Crippen LogP contribution in [-0.4, -0.2) is 8.42 Å². The highest BCUT2D eigenvalue weighted by Gasteiger charge is 2.07. The molecule has 0 spiro atoms. The molecule has 106 valence electrons. The van der Waals surface area contributed by atoms with Crippen LogP contribution in [0.4, 0.5) is 0 Å². The van der Waals surface area contributed by atoms with Gasteiger partial charge in [-0.15, -0.1) is 0 Å². The third kappa shape index (κ3) is 3.91. The van der Waals surface area contributed by atoms with Crippen molar-refractivity contribution >= 4 is 26.0 Å². The van der Waals surface area contributed by atoms with Crippen molar-refractivity contribution in [1.82, 2.24) is 0 Å². The molecule has 0 aliphatic carbocycles. The molecule has 0 saturated carbocycles. The first kappa shape index (κ1) is 15.2. The van der Waals surface area contributed by atoms with Crippen molar-refractivity contribution in [3.8, 4) is 0 Å². The summed E-state index contributed by atoms with van der Waals surface area (Å²) in [4.78, 5) is 0.151. The van der Waals surface area contributed by atoms with Crippen molar-refractivity contribution in [3.05, 3.63) is 63.6 Å². The minimum Gasteiger partial charge on any atom is -0.225 e. The molecule has 3 nitrogen and oxygen atoms in total. The molecule has 0 radical (unpaired) electrons. The van der Waals surface area contributed by atoms with Gasteiger partial charge >= 0.3 is 0 Å². The van der Waals surface area contributed by atoms with Crippen molar-refractivity contribution in [2.24, 2.45) is 5.14 Å². The van der Waals surface area contributed by atoms with Crippen LogP contribution in [0, 0.1) is 6.92 Å². The second kappa shape index (κ2) is 6.08. The number of rotatable bonds is 4. The average Bonchev–Trinajstić information content (AvgIpc) is 2.39. The van der Waals surface area contributed by atoms with Gasteiger partial charge < -0.3 is 0 Å². The molecule has 0 bridgehead atoms. The minimum absolute atomic E-state index is 0.151. The molecular formula is C15H16BrNO2S. The van der Waals surface area contributed by atoms with Gasteiger partial charge in [0.25, 0.3) is 0 Å². The lowest BCUT2D eigenvalue weighted by Gasteiger charge is -2.07. The van der Waals surface area contributed by atoms with Gasteiger partial charge in [-0.25, -0.2) is 13.6 Å². The monoisotopic (exact) mass is 353 g/mol. The van der Waals surface area contributed by atoms with Crippen molar-refractivity contribution < 1.29 is 8.42 Å². The highest BCUT2D eigenvalue weighted by atomic mass is 79.9. The van der Waals surface area contributed by atoms with Gasteiger partial charge in [0.1, 0.15) is 0 Å². The fraction of sp³-hybridized carbons (Fsp3) is 0.200. The molecule has 0 heterocycles. The van der Waals surface area contributed by atoms with E-state index in [9.17, 15) is 8.42 Å². The summed E-state index contributed by atoms with van der Waals surface area (Å²) in [6.45, 7) is 2.07. The van der Waals surface area contributed by atoms with Crippen molar-refractivity contribution in [2.45, 2.75) is 24.7 Å². The van der Waals surface area contributed by atoms with E-state index < -0.39 is 10.0 Å². The molecule has 0 unspecified atom stereocenters. The first-order valence-corrected chi connectivity index (χ1v) is 8.57. The first-order valence-electron chi connectivity index (χ1n) is 6.23. The fourth-order valence-electron chi connectivity index (χ4n) is 2.02. The number of aryl methyl sites for hydroxylation is 3. The third-order valence-electron chi connectivity index (χ3n) is 3.14. The Hall–Kier alpha value is -1.17. The highest BCUT2D eigenvalue weighted by molar-refractivity contribution is 9.10. The molecule has 5 heteroatoms. The summed E-state index contributed by atoms with van der Waals surface area (Å²) in [5, 5.41) is 5.07. The van der Waals surface area contributed by atoms with Gasteiger partial charge in [-0.3, -0.25) is 0 Å². The summed E-state index contributed by atoms with van der Waals surface area (Å²) in [5.74, 6) is 0. The fourth-order valence-corrected chi connectivity index (χ4v) is 2.98. The summed E-state index contributed by atoms with van der Waals surface area (Å²) in [5.41, 5.74) is 3.57. The van der Waals surface area contributed by atoms with Crippen LogP contribution in [-0.2, 0) is 22.9 Å². The number of sulfonamides is 1. The van der Waals surface area contributed by atoms with E-state index in [2.05, 4.69) is 41.1 Å². The van der Waals surface area contributed by atoms with Crippen LogP contribution in [0.3, 0.4) is 0 Å². The van der Waals surface area contributed by atoms with Crippen molar-refractivity contribution in [1.29, 1.82) is 0 Å². The Morgan fingerprint density at radius 3 is 2.30 bits per heavy atom. The third-order valence-corrected chi connectivity index (χ3v) is 4.84. The molecule has 2 aromatic rings. The van der Waals surface area contributed by atoms with Gasteiger partial charge in [0.05, 0.1) is 4.90 Å². The van der Waals surface area contributed by atoms with Crippen LogP contribution in [0.25, 0.3) is 0 Å². The SMILES string of the molecule is Cc1ccc(Br)c(CCc2ccc(S(N)(=O)=O)cc2)c1. The Kier molecular flexibility index (Phi) is 4.62. The van der Waals surface area contributed by atoms with Gasteiger partial charge in [0, 0.05) is 4.47 Å². The van der Waals surface area contributed by atoms with E-state index in [0.29, 0.717) is 0 Å². The molecule has 2 rings (SSSR count). The molecule has 2 N–H and O–H groups in total. The number of nitrogens with two attached hydrogens (primary N) is 1. The standard InChI is InChI=1S/C15H16BrNO2S/c1-11-2-9-15(16)13(10-11)6-3-12-4-7-14(8-5-12)20(17,18)19/h2,4-5,7-10H,3,6H2,1H3,(H2,17,18,19). The number of benzene rings is 2. The maximum Gasteiger partial charge on any atom is 0.238 e. The predicted octanol–water partition coefficient (Wildman–Crippen LogP) is 3.19. The lowest BCUT2D eigenvalue weighted by atomic mass is 10.0. The smallest absolute Gasteiger partial charge is 0.225 e. The second-order valence-corrected chi connectivity index (χ2v) is 7.20. The van der Waals surface area contributed by atoms with Gasteiger partial charge in [0.15, 0.2) is 0 Å². The zero-order valence-corrected chi connectivity index (χ0v) is 13.5. The Morgan fingerprint density at radius 2 is 1.70 bits per heavy atom. The van der Waals surface area contributed by atoms with E-state index in [1.165, 1.54) is 11.1 Å². The molecule has 20 heavy (non-hydrogen) atoms. The molecule has 0 saturated heterocycles. The molecule has 0 amide bonds. The average molecular weight is 354 g/mol. The summed E-state index contributed by atoms with van der Waals surface area (Å²) < 4.78 is 23.5. The number of hydrogen-bond donors (Lipinski definition) is 1. The molecule has 0 atom stereocenters. The summed E-state index contributed by atoms with van der Waals surface area (Å²) in [7, 11) is -3.61. The summed E-state index contributed by atoms with van der Waals surface area (Å²) in [6, 6.07) is 13.0. The molecule has 2 aromatic carbocycles. The maximum absolute atomic E-state index is 11.2. The zero-order valence-electron chi connectivity index (χ0n) is 11.1. The van der Waals surface area contributed by atoms with Crippen LogP contribution in [0.2, 0.25) is 0 Å². The van der Waals surface area contributed by atoms with Crippen LogP contribution < -0.4 is 5.14 Å². The second-order valence-electron chi connectivity index (χ2n) is 4.78. The van der Waals surface area contributed by atoms with Crippen LogP contribution in [0.1, 0.15) is 16.7 Å². The van der Waals surface area contributed by atoms with E-state index in [-0.39, 0.29) is 4.90 Å². The Balaban J connectivity index is 2.10. The highest BCUT2D eigenvalue weighted by Crippen LogP contribution is 2.20. The maximum atomic E-state index is 11.2. The normalized spacial score (nSPS) is 11.6. The minimum atomic E-state index is -3.61. The predicted molar refractivity (Wildman–Crippen MR) is 84.1 cm³/mol. The van der Waals surface area contributed by atoms with E-state index >= 15 is 0 Å². The molecule has 0 aliphatic heterocycles. The summed E-state index contributed by atoms with van der Waals surface area (Å²) in [6.07, 6.45) is 1.75. The lowest BCUT2D eigenvalue weighted by molar-refractivity contribution is 0.598. The number of halogens is 1. The van der Waals surface area contributed by atoms with Gasteiger partial charge in [-0.1, -0.05) is 45.8 Å². The van der Waals surface area contributed by atoms with Crippen LogP contribution >= 0.6 is 15.9 Å². The molecule has 0 aromatic heterocycles. The Morgan fingerprint density at radius 1 is 1.05 bits per heavy atom. The molecule has 0 aliphatic rings. The first-order chi connectivity index (χ1) is 9.36. The van der Waals surface area contributed by atoms with Crippen molar-refractivity contribution in [3.63, 3.8) is 0 Å². The van der Waals surface area contributed by atoms with Gasteiger partial charge in [-0.05, 0) is 49.1 Å². The van der Waals surface area contributed by atoms with E-state index in [0.717, 1.165) is 22.9 Å². The molecule has 0 fully saturated rings. The Bertz CT molecular complexity index is 709. The van der Waals surface area contributed by atoms with E-state index in [1.54, 1.807) is 12.1 Å². The summed E-state index contributed by atoms with van der Waals surface area (Å²) >= 11 is 3.55. The Labute approximate surface area is 128 Å². The number of hydrogen-bond acceptors (Lipinski definition) is 2. The van der Waals surface area contributed by atoms with Gasteiger partial charge in [-0.2, -0.15) is 0 Å². The lowest BCUT2D eigenvalue weighted by Crippen LogP contribution is -2.11. The largest absolute Gasteiger partial charge is 0.238 e.